The minimum atomic E-state index is -0.340. The van der Waals surface area contributed by atoms with Gasteiger partial charge in [-0.1, -0.05) is 50.9 Å². The van der Waals surface area contributed by atoms with E-state index in [9.17, 15) is 9.90 Å². The number of rotatable bonds is 5. The maximum atomic E-state index is 12.2. The van der Waals surface area contributed by atoms with E-state index in [2.05, 4.69) is 37.2 Å². The van der Waals surface area contributed by atoms with E-state index in [-0.39, 0.29) is 17.2 Å². The van der Waals surface area contributed by atoms with Crippen molar-refractivity contribution in [1.29, 1.82) is 0 Å². The molecule has 2 N–H and O–H groups in total. The average molecular weight is 379 g/mol. The molecule has 3 nitrogen and oxygen atoms in total. The molecule has 0 aliphatic carbocycles. The van der Waals surface area contributed by atoms with Gasteiger partial charge in [0.15, 0.2) is 0 Å². The first-order valence-corrected chi connectivity index (χ1v) is 7.97. The molecule has 0 saturated carbocycles. The Hall–Kier alpha value is -0.550. The van der Waals surface area contributed by atoms with Gasteiger partial charge in [-0.2, -0.15) is 0 Å². The molecule has 0 spiro atoms. The van der Waals surface area contributed by atoms with Gasteiger partial charge in [0.2, 0.25) is 0 Å². The molecular formula is C13H17Br2NO2. The van der Waals surface area contributed by atoms with Crippen LogP contribution in [0.1, 0.15) is 29.3 Å². The van der Waals surface area contributed by atoms with Crippen LogP contribution in [0.25, 0.3) is 0 Å². The molecule has 0 aliphatic rings. The van der Waals surface area contributed by atoms with Gasteiger partial charge in [0.1, 0.15) is 5.75 Å². The second-order valence-corrected chi connectivity index (χ2v) is 5.45. The van der Waals surface area contributed by atoms with Crippen LogP contribution in [0, 0.1) is 6.92 Å². The van der Waals surface area contributed by atoms with E-state index < -0.39 is 0 Å². The van der Waals surface area contributed by atoms with Crippen molar-refractivity contribution in [2.45, 2.75) is 25.8 Å². The Labute approximate surface area is 124 Å². The van der Waals surface area contributed by atoms with Crippen molar-refractivity contribution < 1.29 is 9.90 Å². The summed E-state index contributed by atoms with van der Waals surface area (Å²) in [5.74, 6) is -0.207. The molecule has 0 aliphatic heterocycles. The van der Waals surface area contributed by atoms with Gasteiger partial charge < -0.3 is 10.4 Å². The van der Waals surface area contributed by atoms with E-state index in [1.165, 1.54) is 0 Å². The number of phenolic OH excluding ortho intramolecular Hbond substituents is 1. The maximum absolute atomic E-state index is 12.2. The van der Waals surface area contributed by atoms with Gasteiger partial charge >= 0.3 is 0 Å². The van der Waals surface area contributed by atoms with Gasteiger partial charge in [-0.05, 0) is 25.0 Å². The highest BCUT2D eigenvalue weighted by Gasteiger charge is 2.29. The van der Waals surface area contributed by atoms with Gasteiger partial charge in [-0.25, -0.2) is 0 Å². The number of alkyl halides is 2. The third-order valence-electron chi connectivity index (χ3n) is 3.05. The maximum Gasteiger partial charge on any atom is 0.255 e. The monoisotopic (exact) mass is 377 g/mol. The number of hydrogen-bond acceptors (Lipinski definition) is 2. The summed E-state index contributed by atoms with van der Waals surface area (Å²) in [6.07, 6.45) is 0.793. The normalized spacial score (nSPS) is 11.3. The Kier molecular flexibility index (Phi) is 5.66. The lowest BCUT2D eigenvalue weighted by Gasteiger charge is -2.30. The number of carbonyl (C=O) groups is 1. The predicted molar refractivity (Wildman–Crippen MR) is 80.9 cm³/mol. The van der Waals surface area contributed by atoms with E-state index in [1.807, 2.05) is 6.92 Å². The molecule has 0 unspecified atom stereocenters. The van der Waals surface area contributed by atoms with Crippen molar-refractivity contribution in [3.63, 3.8) is 0 Å². The third kappa shape index (κ3) is 3.26. The van der Waals surface area contributed by atoms with Crippen LogP contribution in [0.15, 0.2) is 18.2 Å². The summed E-state index contributed by atoms with van der Waals surface area (Å²) >= 11 is 6.84. The number of phenols is 1. The van der Waals surface area contributed by atoms with Crippen molar-refractivity contribution in [1.82, 2.24) is 5.32 Å². The summed E-state index contributed by atoms with van der Waals surface area (Å²) in [6, 6.07) is 5.16. The van der Waals surface area contributed by atoms with Gasteiger partial charge in [0, 0.05) is 10.7 Å². The summed E-state index contributed by atoms with van der Waals surface area (Å²) in [7, 11) is 0. The standard InChI is InChI=1S/C13H17Br2NO2/c1-3-13(7-14,8-15)16-12(18)10-6-4-5-9(2)11(10)17/h4-6,17H,3,7-8H2,1-2H3,(H,16,18). The summed E-state index contributed by atoms with van der Waals surface area (Å²) in [5, 5.41) is 14.2. The van der Waals surface area contributed by atoms with E-state index in [0.717, 1.165) is 6.42 Å². The number of carbonyl (C=O) groups excluding carboxylic acids is 1. The molecule has 0 fully saturated rings. The highest BCUT2D eigenvalue weighted by molar-refractivity contribution is 9.09. The van der Waals surface area contributed by atoms with Gasteiger partial charge in [-0.15, -0.1) is 0 Å². The first-order chi connectivity index (χ1) is 8.49. The minimum Gasteiger partial charge on any atom is -0.507 e. The number of benzene rings is 1. The van der Waals surface area contributed by atoms with E-state index in [0.29, 0.717) is 21.8 Å². The quantitative estimate of drug-likeness (QED) is 0.771. The van der Waals surface area contributed by atoms with E-state index in [1.54, 1.807) is 25.1 Å². The van der Waals surface area contributed by atoms with Crippen molar-refractivity contribution in [2.24, 2.45) is 0 Å². The Morgan fingerprint density at radius 1 is 1.39 bits per heavy atom. The molecule has 0 aromatic heterocycles. The van der Waals surface area contributed by atoms with Crippen molar-refractivity contribution >= 4 is 37.8 Å². The molecular weight excluding hydrogens is 362 g/mol. The van der Waals surface area contributed by atoms with Crippen molar-refractivity contribution in [3.05, 3.63) is 29.3 Å². The average Bonchev–Trinajstić information content (AvgIpc) is 2.39. The summed E-state index contributed by atoms with van der Waals surface area (Å²) in [5.41, 5.74) is 0.671. The number of hydrogen-bond donors (Lipinski definition) is 2. The molecule has 1 aromatic rings. The fourth-order valence-corrected chi connectivity index (χ4v) is 3.53. The number of nitrogens with one attached hydrogen (secondary N) is 1. The Morgan fingerprint density at radius 3 is 2.50 bits per heavy atom. The summed E-state index contributed by atoms with van der Waals surface area (Å²) in [4.78, 5) is 12.2. The van der Waals surface area contributed by atoms with Crippen LogP contribution in [0.5, 0.6) is 5.75 Å². The zero-order chi connectivity index (χ0) is 13.8. The number of aryl methyl sites for hydroxylation is 1. The molecule has 0 bridgehead atoms. The molecule has 5 heteroatoms. The second kappa shape index (κ2) is 6.57. The number of amides is 1. The molecule has 1 aromatic carbocycles. The molecule has 0 saturated heterocycles. The molecule has 18 heavy (non-hydrogen) atoms. The lowest BCUT2D eigenvalue weighted by Crippen LogP contribution is -2.51. The Morgan fingerprint density at radius 2 is 2.00 bits per heavy atom. The van der Waals surface area contributed by atoms with Gasteiger partial charge in [-0.3, -0.25) is 4.79 Å². The molecule has 0 heterocycles. The minimum absolute atomic E-state index is 0.0455. The highest BCUT2D eigenvalue weighted by atomic mass is 79.9. The number of aromatic hydroxyl groups is 1. The van der Waals surface area contributed by atoms with Crippen molar-refractivity contribution in [3.8, 4) is 5.75 Å². The Balaban J connectivity index is 2.98. The smallest absolute Gasteiger partial charge is 0.255 e. The lowest BCUT2D eigenvalue weighted by molar-refractivity contribution is 0.0912. The second-order valence-electron chi connectivity index (χ2n) is 4.33. The molecule has 1 rings (SSSR count). The summed E-state index contributed by atoms with van der Waals surface area (Å²) < 4.78 is 0. The fourth-order valence-electron chi connectivity index (χ4n) is 1.53. The van der Waals surface area contributed by atoms with E-state index in [4.69, 9.17) is 0 Å². The number of para-hydroxylation sites is 1. The van der Waals surface area contributed by atoms with Crippen LogP contribution in [-0.4, -0.2) is 27.2 Å². The number of halogens is 2. The van der Waals surface area contributed by atoms with Crippen LogP contribution in [-0.2, 0) is 0 Å². The topological polar surface area (TPSA) is 49.3 Å². The first-order valence-electron chi connectivity index (χ1n) is 5.72. The highest BCUT2D eigenvalue weighted by Crippen LogP contribution is 2.23. The van der Waals surface area contributed by atoms with Gasteiger partial charge in [0.05, 0.1) is 11.1 Å². The molecule has 0 radical (unpaired) electrons. The third-order valence-corrected chi connectivity index (χ3v) is 5.20. The summed E-state index contributed by atoms with van der Waals surface area (Å²) in [6.45, 7) is 3.78. The van der Waals surface area contributed by atoms with Crippen molar-refractivity contribution in [2.75, 3.05) is 10.7 Å². The van der Waals surface area contributed by atoms with Crippen LogP contribution >= 0.6 is 31.9 Å². The zero-order valence-corrected chi connectivity index (χ0v) is 13.6. The molecule has 1 amide bonds. The van der Waals surface area contributed by atoms with Crippen LogP contribution in [0.4, 0.5) is 0 Å². The van der Waals surface area contributed by atoms with Crippen LogP contribution in [0.3, 0.4) is 0 Å². The van der Waals surface area contributed by atoms with Gasteiger partial charge in [0.25, 0.3) is 5.91 Å². The van der Waals surface area contributed by atoms with Crippen LogP contribution < -0.4 is 5.32 Å². The molecule has 100 valence electrons. The first kappa shape index (κ1) is 15.5. The predicted octanol–water partition coefficient (Wildman–Crippen LogP) is 3.37. The molecule has 0 atom stereocenters. The Bertz CT molecular complexity index is 423. The lowest BCUT2D eigenvalue weighted by atomic mass is 10.0. The largest absolute Gasteiger partial charge is 0.507 e. The van der Waals surface area contributed by atoms with E-state index >= 15 is 0 Å². The van der Waals surface area contributed by atoms with Crippen LogP contribution in [0.2, 0.25) is 0 Å². The fraction of sp³-hybridized carbons (Fsp3) is 0.462. The SMILES string of the molecule is CCC(CBr)(CBr)NC(=O)c1cccc(C)c1O. The zero-order valence-electron chi connectivity index (χ0n) is 10.5.